The summed E-state index contributed by atoms with van der Waals surface area (Å²) in [5, 5.41) is 9.44. The maximum atomic E-state index is 10.7. The quantitative estimate of drug-likeness (QED) is 0.754. The van der Waals surface area contributed by atoms with Crippen LogP contribution in [0.2, 0.25) is 5.02 Å². The molecule has 5 nitrogen and oxygen atoms in total. The molecular formula is C13H11BrClN3O2. The summed E-state index contributed by atoms with van der Waals surface area (Å²) < 4.78 is 2.73. The Labute approximate surface area is 127 Å². The van der Waals surface area contributed by atoms with Gasteiger partial charge in [-0.25, -0.2) is 4.98 Å². The van der Waals surface area contributed by atoms with E-state index < -0.39 is 5.97 Å². The van der Waals surface area contributed by atoms with E-state index in [-0.39, 0.29) is 6.42 Å². The van der Waals surface area contributed by atoms with Crippen LogP contribution in [0.4, 0.5) is 0 Å². The molecule has 2 N–H and O–H groups in total. The Balaban J connectivity index is 2.19. The molecule has 2 aromatic heterocycles. The summed E-state index contributed by atoms with van der Waals surface area (Å²) in [6, 6.07) is 3.74. The summed E-state index contributed by atoms with van der Waals surface area (Å²) in [6.45, 7) is 1.93. The zero-order valence-electron chi connectivity index (χ0n) is 10.6. The molecule has 0 saturated heterocycles. The van der Waals surface area contributed by atoms with Crippen molar-refractivity contribution in [2.75, 3.05) is 0 Å². The molecule has 0 radical (unpaired) electrons. The van der Waals surface area contributed by atoms with E-state index in [4.69, 9.17) is 16.7 Å². The topological polar surface area (TPSA) is 70.4 Å². The second-order valence-electron chi connectivity index (χ2n) is 4.60. The molecule has 20 heavy (non-hydrogen) atoms. The Morgan fingerprint density at radius 2 is 2.30 bits per heavy atom. The van der Waals surface area contributed by atoms with E-state index in [1.807, 2.05) is 23.5 Å². The van der Waals surface area contributed by atoms with Crippen LogP contribution in [0.25, 0.3) is 16.8 Å². The Morgan fingerprint density at radius 1 is 1.55 bits per heavy atom. The summed E-state index contributed by atoms with van der Waals surface area (Å²) in [4.78, 5) is 18.3. The van der Waals surface area contributed by atoms with Crippen molar-refractivity contribution in [1.82, 2.24) is 14.4 Å². The van der Waals surface area contributed by atoms with Gasteiger partial charge in [-0.2, -0.15) is 0 Å². The number of H-pyrrole nitrogens is 1. The van der Waals surface area contributed by atoms with Crippen LogP contribution < -0.4 is 0 Å². The van der Waals surface area contributed by atoms with Crippen molar-refractivity contribution in [2.45, 2.75) is 19.8 Å². The number of fused-ring (bicyclic) bond motifs is 3. The van der Waals surface area contributed by atoms with Crippen molar-refractivity contribution >= 4 is 50.3 Å². The van der Waals surface area contributed by atoms with E-state index >= 15 is 0 Å². The van der Waals surface area contributed by atoms with Gasteiger partial charge in [0, 0.05) is 17.1 Å². The molecule has 0 saturated carbocycles. The van der Waals surface area contributed by atoms with Crippen LogP contribution in [-0.4, -0.2) is 25.4 Å². The van der Waals surface area contributed by atoms with Crippen LogP contribution in [0.15, 0.2) is 16.7 Å². The Hall–Kier alpha value is -1.53. The highest BCUT2D eigenvalue weighted by Crippen LogP contribution is 2.30. The standard InChI is InChI=1S/C13H11BrClN3O2/c1-6-7(15)2-4-9-11(6)17-13-16-8(3-5-10(19)20)12(14)18(9)13/h2,4H,3,5H2,1H3,(H,16,17)(H,19,20). The second kappa shape index (κ2) is 4.79. The second-order valence-corrected chi connectivity index (χ2v) is 5.76. The number of carboxylic acid groups (broad SMARTS) is 1. The predicted octanol–water partition coefficient (Wildman–Crippen LogP) is 3.56. The lowest BCUT2D eigenvalue weighted by Gasteiger charge is -2.00. The first kappa shape index (κ1) is 13.5. The van der Waals surface area contributed by atoms with Crippen LogP contribution in [0.1, 0.15) is 17.7 Å². The Bertz CT molecular complexity index is 837. The van der Waals surface area contributed by atoms with Crippen LogP contribution in [0, 0.1) is 6.92 Å². The molecule has 1 aromatic carbocycles. The first-order valence-electron chi connectivity index (χ1n) is 6.04. The number of aromatic amines is 1. The molecule has 0 atom stereocenters. The number of rotatable bonds is 3. The van der Waals surface area contributed by atoms with E-state index in [1.54, 1.807) is 0 Å². The highest BCUT2D eigenvalue weighted by atomic mass is 79.9. The van der Waals surface area contributed by atoms with E-state index in [0.717, 1.165) is 26.9 Å². The lowest BCUT2D eigenvalue weighted by atomic mass is 10.2. The number of nitrogens with one attached hydrogen (secondary N) is 1. The molecule has 0 aliphatic heterocycles. The average Bonchev–Trinajstić information content (AvgIpc) is 2.90. The number of aliphatic carboxylic acids is 1. The summed E-state index contributed by atoms with van der Waals surface area (Å²) in [6.07, 6.45) is 0.498. The fraction of sp³-hybridized carbons (Fsp3) is 0.231. The molecule has 0 aliphatic rings. The van der Waals surface area contributed by atoms with Gasteiger partial charge in [0.05, 0.1) is 17.5 Å². The lowest BCUT2D eigenvalue weighted by Crippen LogP contribution is -1.98. The first-order valence-corrected chi connectivity index (χ1v) is 7.21. The minimum absolute atomic E-state index is 0.0745. The molecule has 0 fully saturated rings. The first-order chi connectivity index (χ1) is 9.49. The highest BCUT2D eigenvalue weighted by Gasteiger charge is 2.16. The van der Waals surface area contributed by atoms with Gasteiger partial charge in [0.15, 0.2) is 0 Å². The van der Waals surface area contributed by atoms with Gasteiger partial charge < -0.3 is 10.1 Å². The van der Waals surface area contributed by atoms with Crippen molar-refractivity contribution in [1.29, 1.82) is 0 Å². The summed E-state index contributed by atoms with van der Waals surface area (Å²) in [5.74, 6) is -0.144. The number of aryl methyl sites for hydroxylation is 2. The van der Waals surface area contributed by atoms with Gasteiger partial charge in [0.2, 0.25) is 5.78 Å². The number of carboxylic acids is 1. The monoisotopic (exact) mass is 355 g/mol. The fourth-order valence-electron chi connectivity index (χ4n) is 2.25. The molecule has 3 aromatic rings. The molecule has 7 heteroatoms. The van der Waals surface area contributed by atoms with Crippen LogP contribution >= 0.6 is 27.5 Å². The van der Waals surface area contributed by atoms with E-state index in [1.165, 1.54) is 0 Å². The fourth-order valence-corrected chi connectivity index (χ4v) is 3.06. The van der Waals surface area contributed by atoms with Gasteiger partial charge >= 0.3 is 5.97 Å². The SMILES string of the molecule is Cc1c(Cl)ccc2c1nc1[nH]c(CCC(=O)O)c(Br)n12. The molecule has 0 aliphatic carbocycles. The number of benzene rings is 1. The molecule has 2 heterocycles. The van der Waals surface area contributed by atoms with Gasteiger partial charge in [-0.05, 0) is 40.5 Å². The van der Waals surface area contributed by atoms with Crippen molar-refractivity contribution in [3.8, 4) is 0 Å². The van der Waals surface area contributed by atoms with Gasteiger partial charge in [-0.3, -0.25) is 9.20 Å². The summed E-state index contributed by atoms with van der Waals surface area (Å²) in [7, 11) is 0. The smallest absolute Gasteiger partial charge is 0.303 e. The van der Waals surface area contributed by atoms with Crippen LogP contribution in [-0.2, 0) is 11.2 Å². The third kappa shape index (κ3) is 1.99. The number of aromatic nitrogens is 3. The third-order valence-electron chi connectivity index (χ3n) is 3.31. The zero-order valence-corrected chi connectivity index (χ0v) is 12.9. The third-order valence-corrected chi connectivity index (χ3v) is 4.55. The van der Waals surface area contributed by atoms with Crippen molar-refractivity contribution < 1.29 is 9.90 Å². The van der Waals surface area contributed by atoms with Gasteiger partial charge in [-0.15, -0.1) is 0 Å². The maximum absolute atomic E-state index is 10.7. The maximum Gasteiger partial charge on any atom is 0.303 e. The van der Waals surface area contributed by atoms with Crippen molar-refractivity contribution in [2.24, 2.45) is 0 Å². The number of hydrogen-bond donors (Lipinski definition) is 2. The van der Waals surface area contributed by atoms with Crippen LogP contribution in [0.5, 0.6) is 0 Å². The van der Waals surface area contributed by atoms with Gasteiger partial charge in [-0.1, -0.05) is 11.6 Å². The average molecular weight is 357 g/mol. The van der Waals surface area contributed by atoms with E-state index in [0.29, 0.717) is 17.2 Å². The largest absolute Gasteiger partial charge is 0.481 e. The molecule has 0 spiro atoms. The number of imidazole rings is 2. The number of nitrogens with zero attached hydrogens (tertiary/aromatic N) is 2. The van der Waals surface area contributed by atoms with Crippen molar-refractivity contribution in [3.05, 3.63) is 33.0 Å². The molecule has 104 valence electrons. The minimum Gasteiger partial charge on any atom is -0.481 e. The molecule has 0 unspecified atom stereocenters. The Kier molecular flexibility index (Phi) is 3.22. The lowest BCUT2D eigenvalue weighted by molar-refractivity contribution is -0.136. The minimum atomic E-state index is -0.823. The normalized spacial score (nSPS) is 11.6. The summed E-state index contributed by atoms with van der Waals surface area (Å²) >= 11 is 9.61. The molecular weight excluding hydrogens is 346 g/mol. The predicted molar refractivity (Wildman–Crippen MR) is 80.5 cm³/mol. The molecule has 3 rings (SSSR count). The van der Waals surface area contributed by atoms with Gasteiger partial charge in [0.25, 0.3) is 0 Å². The number of halogens is 2. The van der Waals surface area contributed by atoms with Crippen LogP contribution in [0.3, 0.4) is 0 Å². The number of carbonyl (C=O) groups is 1. The van der Waals surface area contributed by atoms with E-state index in [2.05, 4.69) is 25.9 Å². The zero-order chi connectivity index (χ0) is 14.4. The number of hydrogen-bond acceptors (Lipinski definition) is 2. The summed E-state index contributed by atoms with van der Waals surface area (Å²) in [5.41, 5.74) is 3.53. The molecule has 0 amide bonds. The van der Waals surface area contributed by atoms with Crippen molar-refractivity contribution in [3.63, 3.8) is 0 Å². The molecule has 0 bridgehead atoms. The van der Waals surface area contributed by atoms with Gasteiger partial charge in [0.1, 0.15) is 4.60 Å². The van der Waals surface area contributed by atoms with E-state index in [9.17, 15) is 4.79 Å². The highest BCUT2D eigenvalue weighted by molar-refractivity contribution is 9.10. The Morgan fingerprint density at radius 3 is 3.00 bits per heavy atom.